The van der Waals surface area contributed by atoms with E-state index >= 15 is 0 Å². The largest absolute Gasteiger partial charge is 0.309 e. The molecule has 1 heterocycles. The minimum atomic E-state index is -3.60. The number of thiophene rings is 1. The molecule has 1 atom stereocenters. The molecule has 1 aromatic heterocycles. The molecule has 0 fully saturated rings. The van der Waals surface area contributed by atoms with Crippen LogP contribution in [0.15, 0.2) is 10.3 Å². The van der Waals surface area contributed by atoms with Gasteiger partial charge >= 0.3 is 0 Å². The molecule has 1 rings (SSSR count). The van der Waals surface area contributed by atoms with E-state index < -0.39 is 10.0 Å². The lowest BCUT2D eigenvalue weighted by atomic mass is 10.1. The predicted octanol–water partition coefficient (Wildman–Crippen LogP) is 0.916. The van der Waals surface area contributed by atoms with Gasteiger partial charge in [-0.1, -0.05) is 6.92 Å². The van der Waals surface area contributed by atoms with Crippen molar-refractivity contribution in [1.29, 1.82) is 0 Å². The standard InChI is InChI=1S/C11H21N3O2S2/c1-5-13-10(7-14(3)4)9-6-11(17-8(9)2)18(12,15)16/h6,10,13H,5,7H2,1-4H3,(H2,12,15,16)/t10-/m0/s1. The number of hydrogen-bond donors (Lipinski definition) is 2. The molecule has 3 N–H and O–H groups in total. The summed E-state index contributed by atoms with van der Waals surface area (Å²) in [5.74, 6) is 0. The highest BCUT2D eigenvalue weighted by molar-refractivity contribution is 7.91. The Morgan fingerprint density at radius 3 is 2.50 bits per heavy atom. The summed E-state index contributed by atoms with van der Waals surface area (Å²) in [5.41, 5.74) is 1.01. The minimum Gasteiger partial charge on any atom is -0.309 e. The monoisotopic (exact) mass is 291 g/mol. The van der Waals surface area contributed by atoms with E-state index in [9.17, 15) is 8.42 Å². The summed E-state index contributed by atoms with van der Waals surface area (Å²) in [4.78, 5) is 3.06. The second-order valence-corrected chi connectivity index (χ2v) is 7.54. The average molecular weight is 291 g/mol. The summed E-state index contributed by atoms with van der Waals surface area (Å²) < 4.78 is 22.9. The van der Waals surface area contributed by atoms with Crippen molar-refractivity contribution in [2.24, 2.45) is 5.14 Å². The summed E-state index contributed by atoms with van der Waals surface area (Å²) in [5, 5.41) is 8.53. The molecule has 0 aliphatic rings. The molecule has 18 heavy (non-hydrogen) atoms. The van der Waals surface area contributed by atoms with Gasteiger partial charge in [0, 0.05) is 17.5 Å². The molecule has 0 radical (unpaired) electrons. The van der Waals surface area contributed by atoms with E-state index in [0.717, 1.165) is 23.5 Å². The first-order valence-electron chi connectivity index (χ1n) is 5.77. The van der Waals surface area contributed by atoms with Crippen molar-refractivity contribution >= 4 is 21.4 Å². The summed E-state index contributed by atoms with van der Waals surface area (Å²) in [6.07, 6.45) is 0. The van der Waals surface area contributed by atoms with Crippen molar-refractivity contribution in [1.82, 2.24) is 10.2 Å². The van der Waals surface area contributed by atoms with E-state index in [1.807, 2.05) is 27.9 Å². The number of sulfonamides is 1. The maximum Gasteiger partial charge on any atom is 0.247 e. The van der Waals surface area contributed by atoms with Gasteiger partial charge in [-0.05, 0) is 39.2 Å². The lowest BCUT2D eigenvalue weighted by Gasteiger charge is -2.22. The van der Waals surface area contributed by atoms with Crippen molar-refractivity contribution < 1.29 is 8.42 Å². The summed E-state index contributed by atoms with van der Waals surface area (Å²) in [6.45, 7) is 5.60. The molecule has 0 saturated carbocycles. The fraction of sp³-hybridized carbons (Fsp3) is 0.636. The van der Waals surface area contributed by atoms with Crippen molar-refractivity contribution in [3.63, 3.8) is 0 Å². The van der Waals surface area contributed by atoms with Gasteiger partial charge in [0.25, 0.3) is 0 Å². The Bertz CT molecular complexity index is 494. The zero-order valence-corrected chi connectivity index (χ0v) is 12.9. The van der Waals surface area contributed by atoms with E-state index in [1.54, 1.807) is 6.07 Å². The Hall–Kier alpha value is -0.470. The highest BCUT2D eigenvalue weighted by Gasteiger charge is 2.20. The van der Waals surface area contributed by atoms with Gasteiger partial charge in [-0.3, -0.25) is 0 Å². The second kappa shape index (κ2) is 6.12. The quantitative estimate of drug-likeness (QED) is 0.817. The topological polar surface area (TPSA) is 75.4 Å². The Morgan fingerprint density at radius 1 is 1.50 bits per heavy atom. The van der Waals surface area contributed by atoms with Gasteiger partial charge < -0.3 is 10.2 Å². The van der Waals surface area contributed by atoms with Crippen LogP contribution in [-0.2, 0) is 10.0 Å². The number of primary sulfonamides is 1. The summed E-state index contributed by atoms with van der Waals surface area (Å²) in [6, 6.07) is 1.81. The Balaban J connectivity index is 3.09. The number of likely N-dealkylation sites (N-methyl/N-ethyl adjacent to an activating group) is 2. The summed E-state index contributed by atoms with van der Waals surface area (Å²) >= 11 is 1.23. The predicted molar refractivity (Wildman–Crippen MR) is 75.4 cm³/mol. The molecule has 0 unspecified atom stereocenters. The molecule has 0 saturated heterocycles. The van der Waals surface area contributed by atoms with Crippen LogP contribution in [0.4, 0.5) is 0 Å². The van der Waals surface area contributed by atoms with Crippen LogP contribution in [0, 0.1) is 6.92 Å². The fourth-order valence-electron chi connectivity index (χ4n) is 1.84. The highest BCUT2D eigenvalue weighted by atomic mass is 32.2. The zero-order chi connectivity index (χ0) is 13.9. The molecule has 0 aliphatic heterocycles. The van der Waals surface area contributed by atoms with E-state index in [4.69, 9.17) is 5.14 Å². The van der Waals surface area contributed by atoms with Crippen LogP contribution in [0.3, 0.4) is 0 Å². The number of nitrogens with one attached hydrogen (secondary N) is 1. The molecule has 1 aromatic rings. The second-order valence-electron chi connectivity index (χ2n) is 4.49. The molecule has 0 bridgehead atoms. The average Bonchev–Trinajstić information content (AvgIpc) is 2.58. The van der Waals surface area contributed by atoms with Crippen LogP contribution in [0.25, 0.3) is 0 Å². The molecule has 7 heteroatoms. The molecule has 0 spiro atoms. The van der Waals surface area contributed by atoms with Crippen LogP contribution < -0.4 is 10.5 Å². The van der Waals surface area contributed by atoms with Gasteiger partial charge in [-0.15, -0.1) is 11.3 Å². The van der Waals surface area contributed by atoms with Crippen molar-refractivity contribution in [2.45, 2.75) is 24.1 Å². The Morgan fingerprint density at radius 2 is 2.11 bits per heavy atom. The first-order chi connectivity index (χ1) is 8.25. The normalized spacial score (nSPS) is 14.1. The summed E-state index contributed by atoms with van der Waals surface area (Å²) in [7, 11) is 0.381. The lowest BCUT2D eigenvalue weighted by Crippen LogP contribution is -2.31. The maximum absolute atomic E-state index is 11.4. The lowest BCUT2D eigenvalue weighted by molar-refractivity contribution is 0.345. The highest BCUT2D eigenvalue weighted by Crippen LogP contribution is 2.29. The molecule has 5 nitrogen and oxygen atoms in total. The molecule has 104 valence electrons. The van der Waals surface area contributed by atoms with Gasteiger partial charge in [-0.2, -0.15) is 0 Å². The third kappa shape index (κ3) is 4.03. The number of nitrogens with two attached hydrogens (primary N) is 1. The SMILES string of the molecule is CCN[C@@H](CN(C)C)c1cc(S(N)(=O)=O)sc1C. The van der Waals surface area contributed by atoms with Crippen LogP contribution in [-0.4, -0.2) is 40.5 Å². The minimum absolute atomic E-state index is 0.122. The third-order valence-corrected chi connectivity index (χ3v) is 5.07. The first kappa shape index (κ1) is 15.6. The van der Waals surface area contributed by atoms with Crippen molar-refractivity contribution in [2.75, 3.05) is 27.2 Å². The van der Waals surface area contributed by atoms with Crippen LogP contribution in [0.5, 0.6) is 0 Å². The zero-order valence-electron chi connectivity index (χ0n) is 11.2. The third-order valence-electron chi connectivity index (χ3n) is 2.59. The number of aryl methyl sites for hydroxylation is 1. The van der Waals surface area contributed by atoms with E-state index in [1.165, 1.54) is 11.3 Å². The molecule has 0 amide bonds. The fourth-order valence-corrected chi connectivity index (χ4v) is 3.78. The Kier molecular flexibility index (Phi) is 5.30. The number of nitrogens with zero attached hydrogens (tertiary/aromatic N) is 1. The first-order valence-corrected chi connectivity index (χ1v) is 8.13. The maximum atomic E-state index is 11.4. The molecular weight excluding hydrogens is 270 g/mol. The molecule has 0 aromatic carbocycles. The number of rotatable bonds is 6. The van der Waals surface area contributed by atoms with E-state index in [2.05, 4.69) is 10.2 Å². The molecule has 0 aliphatic carbocycles. The van der Waals surface area contributed by atoms with E-state index in [-0.39, 0.29) is 10.3 Å². The Labute approximate surface area is 113 Å². The van der Waals surface area contributed by atoms with E-state index in [0.29, 0.717) is 0 Å². The van der Waals surface area contributed by atoms with Crippen LogP contribution >= 0.6 is 11.3 Å². The van der Waals surface area contributed by atoms with Gasteiger partial charge in [0.15, 0.2) is 0 Å². The van der Waals surface area contributed by atoms with Crippen LogP contribution in [0.2, 0.25) is 0 Å². The van der Waals surface area contributed by atoms with Gasteiger partial charge in [0.1, 0.15) is 4.21 Å². The van der Waals surface area contributed by atoms with Gasteiger partial charge in [-0.25, -0.2) is 13.6 Å². The van der Waals surface area contributed by atoms with Gasteiger partial charge in [0.2, 0.25) is 10.0 Å². The smallest absolute Gasteiger partial charge is 0.247 e. The van der Waals surface area contributed by atoms with Crippen molar-refractivity contribution in [3.05, 3.63) is 16.5 Å². The van der Waals surface area contributed by atoms with Crippen molar-refractivity contribution in [3.8, 4) is 0 Å². The molecular formula is C11H21N3O2S2. The van der Waals surface area contributed by atoms with Gasteiger partial charge in [0.05, 0.1) is 0 Å². The number of hydrogen-bond acceptors (Lipinski definition) is 5. The van der Waals surface area contributed by atoms with Crippen LogP contribution in [0.1, 0.15) is 23.4 Å².